The average molecular weight is 656 g/mol. The third-order valence-corrected chi connectivity index (χ3v) is 9.90. The van der Waals surface area contributed by atoms with E-state index in [0.29, 0.717) is 18.0 Å². The van der Waals surface area contributed by atoms with Gasteiger partial charge in [0.15, 0.2) is 0 Å². The second-order valence-corrected chi connectivity index (χ2v) is 14.2. The summed E-state index contributed by atoms with van der Waals surface area (Å²) in [6, 6.07) is 27.8. The maximum absolute atomic E-state index is 14.7. The molecule has 2 amide bonds. The number of anilines is 1. The van der Waals surface area contributed by atoms with Gasteiger partial charge >= 0.3 is 0 Å². The minimum atomic E-state index is -4.17. The van der Waals surface area contributed by atoms with E-state index >= 15 is 0 Å². The van der Waals surface area contributed by atoms with Crippen molar-refractivity contribution in [3.63, 3.8) is 0 Å². The number of carbonyl (C=O) groups excluding carboxylic acids is 2. The maximum Gasteiger partial charge on any atom is 0.264 e. The number of aryl methyl sites for hydroxylation is 3. The van der Waals surface area contributed by atoms with Gasteiger partial charge in [0.05, 0.1) is 17.7 Å². The molecule has 4 rings (SSSR count). The fraction of sp³-hybridized carbons (Fsp3) is 0.316. The number of methoxy groups -OCH3 is 1. The Morgan fingerprint density at radius 1 is 0.809 bits per heavy atom. The summed E-state index contributed by atoms with van der Waals surface area (Å²) in [5.41, 5.74) is 4.79. The second-order valence-electron chi connectivity index (χ2n) is 12.3. The first-order valence-electron chi connectivity index (χ1n) is 15.8. The van der Waals surface area contributed by atoms with Crippen molar-refractivity contribution in [2.75, 3.05) is 24.5 Å². The number of hydrogen-bond acceptors (Lipinski definition) is 5. The van der Waals surface area contributed by atoms with Crippen LogP contribution in [0.3, 0.4) is 0 Å². The number of amides is 2. The molecule has 9 heteroatoms. The molecule has 248 valence electrons. The SMILES string of the molecule is COc1cccc(CN(C(=O)CN(c2ccc(C)c(C)c2)S(=O)(=O)c2ccc(C)cc2)[C@H](Cc2ccccc2)C(=O)NCC(C)C)c1. The topological polar surface area (TPSA) is 96.0 Å². The van der Waals surface area contributed by atoms with Crippen LogP contribution in [0.15, 0.2) is 102 Å². The van der Waals surface area contributed by atoms with Gasteiger partial charge in [0.1, 0.15) is 18.3 Å². The first kappa shape index (κ1) is 35.2. The largest absolute Gasteiger partial charge is 0.497 e. The van der Waals surface area contributed by atoms with Gasteiger partial charge in [0.25, 0.3) is 10.0 Å². The van der Waals surface area contributed by atoms with Crippen molar-refractivity contribution in [1.29, 1.82) is 0 Å². The molecule has 47 heavy (non-hydrogen) atoms. The average Bonchev–Trinajstić information content (AvgIpc) is 3.06. The Bertz CT molecular complexity index is 1770. The molecule has 0 saturated heterocycles. The third kappa shape index (κ3) is 9.23. The predicted octanol–water partition coefficient (Wildman–Crippen LogP) is 6.23. The molecule has 0 unspecified atom stereocenters. The number of carbonyl (C=O) groups is 2. The van der Waals surface area contributed by atoms with Crippen LogP contribution in [0.2, 0.25) is 0 Å². The van der Waals surface area contributed by atoms with Gasteiger partial charge in [0.2, 0.25) is 11.8 Å². The standard InChI is InChI=1S/C38H45N3O5S/c1-27(2)24-39-38(43)36(23-31-11-8-7-9-12-31)40(25-32-13-10-14-34(22-32)46-6)37(42)26-41(33-18-17-29(4)30(5)21-33)47(44,45)35-19-15-28(3)16-20-35/h7-22,27,36H,23-26H2,1-6H3,(H,39,43)/t36-/m1/s1. The number of benzene rings is 4. The summed E-state index contributed by atoms with van der Waals surface area (Å²) in [5, 5.41) is 3.02. The van der Waals surface area contributed by atoms with E-state index in [4.69, 9.17) is 4.74 Å². The van der Waals surface area contributed by atoms with Gasteiger partial charge in [-0.15, -0.1) is 0 Å². The minimum absolute atomic E-state index is 0.0635. The van der Waals surface area contributed by atoms with Gasteiger partial charge in [-0.05, 0) is 85.3 Å². The van der Waals surface area contributed by atoms with E-state index in [1.807, 2.05) is 95.3 Å². The number of sulfonamides is 1. The van der Waals surface area contributed by atoms with E-state index in [1.54, 1.807) is 43.5 Å². The summed E-state index contributed by atoms with van der Waals surface area (Å²) in [5.74, 6) is -0.0171. The highest BCUT2D eigenvalue weighted by Crippen LogP contribution is 2.27. The minimum Gasteiger partial charge on any atom is -0.497 e. The zero-order valence-corrected chi connectivity index (χ0v) is 28.9. The fourth-order valence-electron chi connectivity index (χ4n) is 5.19. The van der Waals surface area contributed by atoms with Crippen molar-refractivity contribution in [2.24, 2.45) is 5.92 Å². The molecule has 1 N–H and O–H groups in total. The summed E-state index contributed by atoms with van der Waals surface area (Å²) in [6.45, 7) is 9.73. The lowest BCUT2D eigenvalue weighted by molar-refractivity contribution is -0.140. The number of ether oxygens (including phenoxy) is 1. The fourth-order valence-corrected chi connectivity index (χ4v) is 6.60. The monoisotopic (exact) mass is 655 g/mol. The summed E-state index contributed by atoms with van der Waals surface area (Å²) in [6.07, 6.45) is 0.245. The van der Waals surface area contributed by atoms with E-state index in [2.05, 4.69) is 5.32 Å². The van der Waals surface area contributed by atoms with Crippen molar-refractivity contribution in [3.8, 4) is 5.75 Å². The Morgan fingerprint density at radius 3 is 2.13 bits per heavy atom. The highest BCUT2D eigenvalue weighted by atomic mass is 32.2. The lowest BCUT2D eigenvalue weighted by atomic mass is 10.0. The van der Waals surface area contributed by atoms with Crippen LogP contribution >= 0.6 is 0 Å². The van der Waals surface area contributed by atoms with Crippen molar-refractivity contribution >= 4 is 27.5 Å². The maximum atomic E-state index is 14.7. The Balaban J connectivity index is 1.82. The molecule has 8 nitrogen and oxygen atoms in total. The van der Waals surface area contributed by atoms with E-state index in [-0.39, 0.29) is 29.7 Å². The van der Waals surface area contributed by atoms with Crippen LogP contribution < -0.4 is 14.4 Å². The molecule has 0 aliphatic rings. The number of rotatable bonds is 14. The number of nitrogens with one attached hydrogen (secondary N) is 1. The van der Waals surface area contributed by atoms with Crippen molar-refractivity contribution in [1.82, 2.24) is 10.2 Å². The molecule has 4 aromatic carbocycles. The molecule has 0 fully saturated rings. The van der Waals surface area contributed by atoms with Crippen LogP contribution in [0.4, 0.5) is 5.69 Å². The lowest BCUT2D eigenvalue weighted by Crippen LogP contribution is -2.53. The zero-order chi connectivity index (χ0) is 34.1. The van der Waals surface area contributed by atoms with Gasteiger partial charge in [-0.25, -0.2) is 8.42 Å². The van der Waals surface area contributed by atoms with E-state index < -0.39 is 28.5 Å². The van der Waals surface area contributed by atoms with Gasteiger partial charge in [0, 0.05) is 19.5 Å². The van der Waals surface area contributed by atoms with Gasteiger partial charge in [-0.3, -0.25) is 13.9 Å². The summed E-state index contributed by atoms with van der Waals surface area (Å²) in [7, 11) is -2.61. The van der Waals surface area contributed by atoms with Crippen molar-refractivity contribution < 1.29 is 22.7 Å². The highest BCUT2D eigenvalue weighted by molar-refractivity contribution is 7.92. The van der Waals surface area contributed by atoms with Gasteiger partial charge < -0.3 is 15.0 Å². The molecular formula is C38H45N3O5S. The normalized spacial score (nSPS) is 12.0. The Kier molecular flexibility index (Phi) is 11.8. The summed E-state index contributed by atoms with van der Waals surface area (Å²) < 4.78 is 35.1. The highest BCUT2D eigenvalue weighted by Gasteiger charge is 2.34. The molecular weight excluding hydrogens is 611 g/mol. The van der Waals surface area contributed by atoms with Crippen LogP contribution in [-0.2, 0) is 32.6 Å². The van der Waals surface area contributed by atoms with Gasteiger partial charge in [-0.1, -0.05) is 80.1 Å². The molecule has 0 bridgehead atoms. The molecule has 0 aliphatic heterocycles. The quantitative estimate of drug-likeness (QED) is 0.174. The third-order valence-electron chi connectivity index (χ3n) is 8.11. The molecule has 0 spiro atoms. The van der Waals surface area contributed by atoms with E-state index in [0.717, 1.165) is 32.1 Å². The van der Waals surface area contributed by atoms with E-state index in [1.165, 1.54) is 4.90 Å². The Hall–Kier alpha value is -4.63. The van der Waals surface area contributed by atoms with Crippen LogP contribution in [0.25, 0.3) is 0 Å². The summed E-state index contributed by atoms with van der Waals surface area (Å²) in [4.78, 5) is 30.2. The molecule has 4 aromatic rings. The van der Waals surface area contributed by atoms with Crippen LogP contribution in [0, 0.1) is 26.7 Å². The van der Waals surface area contributed by atoms with Crippen LogP contribution in [0.5, 0.6) is 5.75 Å². The second kappa shape index (κ2) is 15.8. The number of hydrogen-bond donors (Lipinski definition) is 1. The van der Waals surface area contributed by atoms with Crippen molar-refractivity contribution in [2.45, 2.75) is 58.5 Å². The van der Waals surface area contributed by atoms with Crippen molar-refractivity contribution in [3.05, 3.63) is 125 Å². The lowest BCUT2D eigenvalue weighted by Gasteiger charge is -2.34. The zero-order valence-electron chi connectivity index (χ0n) is 28.1. The van der Waals surface area contributed by atoms with Crippen LogP contribution in [-0.4, -0.2) is 51.4 Å². The van der Waals surface area contributed by atoms with E-state index in [9.17, 15) is 18.0 Å². The summed E-state index contributed by atoms with van der Waals surface area (Å²) >= 11 is 0. The first-order valence-corrected chi connectivity index (χ1v) is 17.2. The predicted molar refractivity (Wildman–Crippen MR) is 187 cm³/mol. The van der Waals surface area contributed by atoms with Crippen LogP contribution in [0.1, 0.15) is 41.7 Å². The number of nitrogens with zero attached hydrogens (tertiary/aromatic N) is 2. The molecule has 0 aromatic heterocycles. The molecule has 0 heterocycles. The Morgan fingerprint density at radius 2 is 1.49 bits per heavy atom. The van der Waals surface area contributed by atoms with Gasteiger partial charge in [-0.2, -0.15) is 0 Å². The molecule has 0 radical (unpaired) electrons. The Labute approximate surface area is 279 Å². The molecule has 0 saturated carbocycles. The molecule has 0 aliphatic carbocycles. The smallest absolute Gasteiger partial charge is 0.264 e. The molecule has 1 atom stereocenters. The first-order chi connectivity index (χ1) is 22.4.